The van der Waals surface area contributed by atoms with Gasteiger partial charge in [-0.1, -0.05) is 30.3 Å². The molecular weight excluding hydrogens is 264 g/mol. The molecule has 108 valence electrons. The van der Waals surface area contributed by atoms with E-state index in [2.05, 4.69) is 4.74 Å². The van der Waals surface area contributed by atoms with Gasteiger partial charge < -0.3 is 4.74 Å². The summed E-state index contributed by atoms with van der Waals surface area (Å²) in [5.41, 5.74) is 0.859. The predicted molar refractivity (Wildman–Crippen MR) is 71.4 cm³/mol. The fourth-order valence-electron chi connectivity index (χ4n) is 2.28. The van der Waals surface area contributed by atoms with Gasteiger partial charge in [0.05, 0.1) is 13.7 Å². The molecule has 3 nitrogen and oxygen atoms in total. The lowest BCUT2D eigenvalue weighted by molar-refractivity contribution is -0.135. The number of esters is 1. The number of alkyl halides is 2. The molecule has 1 heterocycles. The first-order chi connectivity index (χ1) is 9.51. The lowest BCUT2D eigenvalue weighted by Gasteiger charge is -2.34. The van der Waals surface area contributed by atoms with Crippen molar-refractivity contribution in [2.75, 3.05) is 20.2 Å². The average molecular weight is 281 g/mol. The van der Waals surface area contributed by atoms with E-state index in [1.54, 1.807) is 4.90 Å². The number of hydrogen-bond acceptors (Lipinski definition) is 3. The minimum atomic E-state index is -2.98. The van der Waals surface area contributed by atoms with Crippen LogP contribution in [0.5, 0.6) is 0 Å². The first-order valence-corrected chi connectivity index (χ1v) is 6.44. The highest BCUT2D eigenvalue weighted by atomic mass is 19.3. The van der Waals surface area contributed by atoms with E-state index < -0.39 is 11.9 Å². The number of hydrogen-bond donors (Lipinski definition) is 0. The zero-order valence-electron chi connectivity index (χ0n) is 11.3. The molecule has 1 aliphatic rings. The SMILES string of the molecule is COC(=O)/C=C1\CCN(Cc2ccccc2)CC1(F)F. The van der Waals surface area contributed by atoms with Gasteiger partial charge in [0.2, 0.25) is 0 Å². The molecule has 0 aromatic heterocycles. The van der Waals surface area contributed by atoms with Gasteiger partial charge in [0.1, 0.15) is 0 Å². The van der Waals surface area contributed by atoms with Gasteiger partial charge in [-0.25, -0.2) is 13.6 Å². The molecule has 0 unspecified atom stereocenters. The summed E-state index contributed by atoms with van der Waals surface area (Å²) in [5.74, 6) is -3.71. The normalized spacial score (nSPS) is 20.9. The lowest BCUT2D eigenvalue weighted by Crippen LogP contribution is -2.44. The molecule has 0 radical (unpaired) electrons. The van der Waals surface area contributed by atoms with Crippen LogP contribution in [0.4, 0.5) is 8.78 Å². The van der Waals surface area contributed by atoms with Crippen molar-refractivity contribution >= 4 is 5.97 Å². The van der Waals surface area contributed by atoms with Crippen molar-refractivity contribution in [1.82, 2.24) is 4.90 Å². The fourth-order valence-corrected chi connectivity index (χ4v) is 2.28. The number of benzene rings is 1. The third-order valence-electron chi connectivity index (χ3n) is 3.33. The molecule has 0 amide bonds. The molecule has 1 aromatic rings. The van der Waals surface area contributed by atoms with E-state index >= 15 is 0 Å². The van der Waals surface area contributed by atoms with Gasteiger partial charge in [-0.15, -0.1) is 0 Å². The van der Waals surface area contributed by atoms with Crippen molar-refractivity contribution in [3.8, 4) is 0 Å². The van der Waals surface area contributed by atoms with Gasteiger partial charge >= 0.3 is 5.97 Å². The van der Waals surface area contributed by atoms with E-state index in [1.165, 1.54) is 7.11 Å². The number of nitrogens with zero attached hydrogens (tertiary/aromatic N) is 1. The maximum Gasteiger partial charge on any atom is 0.330 e. The van der Waals surface area contributed by atoms with Crippen LogP contribution in [0.2, 0.25) is 0 Å². The molecule has 1 fully saturated rings. The Morgan fingerprint density at radius 3 is 2.70 bits per heavy atom. The number of methoxy groups -OCH3 is 1. The van der Waals surface area contributed by atoms with E-state index in [4.69, 9.17) is 0 Å². The average Bonchev–Trinajstić information content (AvgIpc) is 2.42. The molecule has 2 rings (SSSR count). The topological polar surface area (TPSA) is 29.5 Å². The van der Waals surface area contributed by atoms with Gasteiger partial charge in [0.25, 0.3) is 5.92 Å². The van der Waals surface area contributed by atoms with E-state index in [0.29, 0.717) is 13.1 Å². The Kier molecular flexibility index (Phi) is 4.49. The summed E-state index contributed by atoms with van der Waals surface area (Å²) in [7, 11) is 1.18. The number of halogens is 2. The van der Waals surface area contributed by atoms with Crippen LogP contribution in [0.25, 0.3) is 0 Å². The molecule has 1 saturated heterocycles. The number of likely N-dealkylation sites (tertiary alicyclic amines) is 1. The largest absolute Gasteiger partial charge is 0.466 e. The Hall–Kier alpha value is -1.75. The van der Waals surface area contributed by atoms with Crippen molar-refractivity contribution in [2.45, 2.75) is 18.9 Å². The van der Waals surface area contributed by atoms with Crippen LogP contribution < -0.4 is 0 Å². The number of carbonyl (C=O) groups excluding carboxylic acids is 1. The molecule has 0 saturated carbocycles. The second kappa shape index (κ2) is 6.13. The van der Waals surface area contributed by atoms with Crippen molar-refractivity contribution in [1.29, 1.82) is 0 Å². The molecule has 1 aliphatic heterocycles. The zero-order valence-corrected chi connectivity index (χ0v) is 11.3. The third-order valence-corrected chi connectivity index (χ3v) is 3.33. The van der Waals surface area contributed by atoms with Crippen LogP contribution in [-0.4, -0.2) is 37.0 Å². The van der Waals surface area contributed by atoms with Crippen molar-refractivity contribution in [3.63, 3.8) is 0 Å². The Balaban J connectivity index is 2.03. The van der Waals surface area contributed by atoms with Crippen LogP contribution in [0.3, 0.4) is 0 Å². The Labute approximate surface area is 116 Å². The summed E-state index contributed by atoms with van der Waals surface area (Å²) in [6, 6.07) is 9.50. The summed E-state index contributed by atoms with van der Waals surface area (Å²) in [5, 5.41) is 0. The lowest BCUT2D eigenvalue weighted by atomic mass is 9.99. The van der Waals surface area contributed by atoms with Crippen LogP contribution in [0.15, 0.2) is 42.0 Å². The molecule has 0 atom stereocenters. The summed E-state index contributed by atoms with van der Waals surface area (Å²) >= 11 is 0. The highest BCUT2D eigenvalue weighted by Gasteiger charge is 2.40. The summed E-state index contributed by atoms with van der Waals surface area (Å²) in [6.07, 6.45) is 1.09. The standard InChI is InChI=1S/C15H17F2NO2/c1-20-14(19)9-13-7-8-18(11-15(13,16)17)10-12-5-3-2-4-6-12/h2-6,9H,7-8,10-11H2,1H3/b13-9+. The fraction of sp³-hybridized carbons (Fsp3) is 0.400. The minimum Gasteiger partial charge on any atom is -0.466 e. The van der Waals surface area contributed by atoms with Crippen LogP contribution in [0.1, 0.15) is 12.0 Å². The van der Waals surface area contributed by atoms with Gasteiger partial charge in [0.15, 0.2) is 0 Å². The summed E-state index contributed by atoms with van der Waals surface area (Å²) in [4.78, 5) is 12.8. The van der Waals surface area contributed by atoms with E-state index in [1.807, 2.05) is 30.3 Å². The maximum atomic E-state index is 14.0. The van der Waals surface area contributed by atoms with Gasteiger partial charge in [-0.3, -0.25) is 4.90 Å². The quantitative estimate of drug-likeness (QED) is 0.630. The van der Waals surface area contributed by atoms with E-state index in [-0.39, 0.29) is 18.5 Å². The maximum absolute atomic E-state index is 14.0. The second-order valence-corrected chi connectivity index (χ2v) is 4.84. The highest BCUT2D eigenvalue weighted by molar-refractivity contribution is 5.83. The molecule has 0 bridgehead atoms. The first kappa shape index (κ1) is 14.7. The number of ether oxygens (including phenoxy) is 1. The zero-order chi connectivity index (χ0) is 14.6. The minimum absolute atomic E-state index is 0.145. The van der Waals surface area contributed by atoms with Crippen molar-refractivity contribution in [2.24, 2.45) is 0 Å². The molecule has 5 heteroatoms. The number of carbonyl (C=O) groups is 1. The Bertz CT molecular complexity index is 500. The Morgan fingerprint density at radius 2 is 2.10 bits per heavy atom. The van der Waals surface area contributed by atoms with E-state index in [9.17, 15) is 13.6 Å². The van der Waals surface area contributed by atoms with E-state index in [0.717, 1.165) is 11.6 Å². The molecule has 0 N–H and O–H groups in total. The van der Waals surface area contributed by atoms with Gasteiger partial charge in [-0.2, -0.15) is 0 Å². The molecule has 1 aromatic carbocycles. The smallest absolute Gasteiger partial charge is 0.330 e. The number of rotatable bonds is 3. The summed E-state index contributed by atoms with van der Waals surface area (Å²) in [6.45, 7) is 0.625. The molecular formula is C15H17F2NO2. The number of piperidine rings is 1. The van der Waals surface area contributed by atoms with Crippen molar-refractivity contribution < 1.29 is 18.3 Å². The van der Waals surface area contributed by atoms with Crippen molar-refractivity contribution in [3.05, 3.63) is 47.5 Å². The highest BCUT2D eigenvalue weighted by Crippen LogP contribution is 2.32. The monoisotopic (exact) mass is 281 g/mol. The Morgan fingerprint density at radius 1 is 1.40 bits per heavy atom. The molecule has 0 aliphatic carbocycles. The van der Waals surface area contributed by atoms with Crippen LogP contribution in [0, 0.1) is 0 Å². The predicted octanol–water partition coefficient (Wildman–Crippen LogP) is 2.63. The van der Waals surface area contributed by atoms with Crippen LogP contribution in [-0.2, 0) is 16.1 Å². The molecule has 20 heavy (non-hydrogen) atoms. The molecule has 0 spiro atoms. The first-order valence-electron chi connectivity index (χ1n) is 6.44. The van der Waals surface area contributed by atoms with Gasteiger partial charge in [0, 0.05) is 24.7 Å². The third kappa shape index (κ3) is 3.63. The second-order valence-electron chi connectivity index (χ2n) is 4.84. The van der Waals surface area contributed by atoms with Gasteiger partial charge in [-0.05, 0) is 12.0 Å². The summed E-state index contributed by atoms with van der Waals surface area (Å²) < 4.78 is 32.4. The van der Waals surface area contributed by atoms with Crippen LogP contribution >= 0.6 is 0 Å².